The Labute approximate surface area is 104 Å². The molecule has 0 heterocycles. The lowest BCUT2D eigenvalue weighted by molar-refractivity contribution is -0.132. The Morgan fingerprint density at radius 2 is 1.82 bits per heavy atom. The molecule has 2 heteroatoms. The van der Waals surface area contributed by atoms with Gasteiger partial charge in [0.1, 0.15) is 0 Å². The van der Waals surface area contributed by atoms with Crippen LogP contribution >= 0.6 is 0 Å². The fourth-order valence-electron chi connectivity index (χ4n) is 1.58. The van der Waals surface area contributed by atoms with Crippen LogP contribution in [0.25, 0.3) is 0 Å². The maximum atomic E-state index is 11.9. The van der Waals surface area contributed by atoms with Gasteiger partial charge in [0.25, 0.3) is 0 Å². The number of amides is 1. The zero-order valence-electron chi connectivity index (χ0n) is 10.7. The van der Waals surface area contributed by atoms with Gasteiger partial charge in [0.05, 0.1) is 5.92 Å². The Hall–Kier alpha value is -1.75. The summed E-state index contributed by atoms with van der Waals surface area (Å²) in [6.45, 7) is 7.31. The molecule has 0 spiro atoms. The number of nitrogens with zero attached hydrogens (tertiary/aromatic N) is 1. The first-order valence-electron chi connectivity index (χ1n) is 6.04. The minimum absolute atomic E-state index is 0.110. The van der Waals surface area contributed by atoms with E-state index in [0.29, 0.717) is 0 Å². The van der Waals surface area contributed by atoms with Crippen molar-refractivity contribution in [1.29, 1.82) is 0 Å². The maximum Gasteiger partial charge on any atom is 0.237 e. The first-order chi connectivity index (χ1) is 8.19. The molecule has 1 rings (SSSR count). The van der Waals surface area contributed by atoms with Crippen LogP contribution in [-0.2, 0) is 4.79 Å². The molecule has 1 aromatic rings. The summed E-state index contributed by atoms with van der Waals surface area (Å²) in [5.74, 6) is 5.91. The van der Waals surface area contributed by atoms with E-state index in [1.54, 1.807) is 0 Å². The van der Waals surface area contributed by atoms with E-state index in [2.05, 4.69) is 11.8 Å². The summed E-state index contributed by atoms with van der Waals surface area (Å²) in [6, 6.07) is 9.74. The van der Waals surface area contributed by atoms with Crippen molar-refractivity contribution in [3.63, 3.8) is 0 Å². The summed E-state index contributed by atoms with van der Waals surface area (Å²) < 4.78 is 0. The molecule has 0 aromatic heterocycles. The normalized spacial score (nSPS) is 11.2. The van der Waals surface area contributed by atoms with Gasteiger partial charge in [0.15, 0.2) is 0 Å². The van der Waals surface area contributed by atoms with Crippen LogP contribution in [0.2, 0.25) is 0 Å². The third kappa shape index (κ3) is 3.96. The van der Waals surface area contributed by atoms with E-state index >= 15 is 0 Å². The molecule has 1 atom stereocenters. The third-order valence-electron chi connectivity index (χ3n) is 2.65. The molecular formula is C15H19NO. The van der Waals surface area contributed by atoms with Gasteiger partial charge < -0.3 is 4.90 Å². The third-order valence-corrected chi connectivity index (χ3v) is 2.65. The van der Waals surface area contributed by atoms with Crippen LogP contribution in [0.5, 0.6) is 0 Å². The Morgan fingerprint density at radius 3 is 2.35 bits per heavy atom. The second-order valence-corrected chi connectivity index (χ2v) is 3.87. The van der Waals surface area contributed by atoms with Gasteiger partial charge in [-0.15, -0.1) is 0 Å². The molecule has 0 saturated carbocycles. The van der Waals surface area contributed by atoms with Crippen LogP contribution in [0.1, 0.15) is 26.3 Å². The van der Waals surface area contributed by atoms with Crippen molar-refractivity contribution in [2.24, 2.45) is 5.92 Å². The summed E-state index contributed by atoms with van der Waals surface area (Å²) in [4.78, 5) is 13.8. The molecule has 0 N–H and O–H groups in total. The highest BCUT2D eigenvalue weighted by Gasteiger charge is 2.15. The quantitative estimate of drug-likeness (QED) is 0.729. The fraction of sp³-hybridized carbons (Fsp3) is 0.400. The molecule has 0 radical (unpaired) electrons. The molecule has 0 aliphatic heterocycles. The number of carbonyl (C=O) groups is 1. The Kier molecular flexibility index (Phi) is 5.29. The van der Waals surface area contributed by atoms with Crippen LogP contribution < -0.4 is 0 Å². The lowest BCUT2D eigenvalue weighted by Gasteiger charge is -2.20. The standard InChI is InChI=1S/C15H19NO/c1-4-16(5-2)15(17)13(3)11-12-14-9-7-6-8-10-14/h6-10,13H,4-5H2,1-3H3. The molecule has 1 amide bonds. The van der Waals surface area contributed by atoms with Crippen LogP contribution in [0.15, 0.2) is 30.3 Å². The smallest absolute Gasteiger partial charge is 0.237 e. The molecule has 1 unspecified atom stereocenters. The number of hydrogen-bond acceptors (Lipinski definition) is 1. The van der Waals surface area contributed by atoms with Crippen LogP contribution in [0, 0.1) is 17.8 Å². The number of carbonyl (C=O) groups excluding carboxylic acids is 1. The largest absolute Gasteiger partial charge is 0.342 e. The van der Waals surface area contributed by atoms with Gasteiger partial charge in [-0.1, -0.05) is 30.0 Å². The average Bonchev–Trinajstić information content (AvgIpc) is 2.38. The maximum absolute atomic E-state index is 11.9. The molecule has 17 heavy (non-hydrogen) atoms. The summed E-state index contributed by atoms with van der Waals surface area (Å²) >= 11 is 0. The molecule has 2 nitrogen and oxygen atoms in total. The van der Waals surface area contributed by atoms with Crippen LogP contribution in [-0.4, -0.2) is 23.9 Å². The van der Waals surface area contributed by atoms with Crippen molar-refractivity contribution in [3.05, 3.63) is 35.9 Å². The molecule has 0 fully saturated rings. The van der Waals surface area contributed by atoms with Crippen molar-refractivity contribution in [3.8, 4) is 11.8 Å². The number of hydrogen-bond donors (Lipinski definition) is 0. The van der Waals surface area contributed by atoms with E-state index in [1.807, 2.05) is 56.0 Å². The highest BCUT2D eigenvalue weighted by atomic mass is 16.2. The first-order valence-corrected chi connectivity index (χ1v) is 6.04. The molecule has 0 saturated heterocycles. The van der Waals surface area contributed by atoms with E-state index in [0.717, 1.165) is 18.7 Å². The predicted molar refractivity (Wildman–Crippen MR) is 70.4 cm³/mol. The summed E-state index contributed by atoms with van der Waals surface area (Å²) in [7, 11) is 0. The van der Waals surface area contributed by atoms with E-state index in [1.165, 1.54) is 0 Å². The van der Waals surface area contributed by atoms with E-state index in [4.69, 9.17) is 0 Å². The Bertz CT molecular complexity index is 410. The van der Waals surface area contributed by atoms with Crippen molar-refractivity contribution in [2.45, 2.75) is 20.8 Å². The van der Waals surface area contributed by atoms with E-state index in [-0.39, 0.29) is 11.8 Å². The molecule has 0 aliphatic rings. The Balaban J connectivity index is 2.70. The van der Waals surface area contributed by atoms with Gasteiger partial charge >= 0.3 is 0 Å². The minimum Gasteiger partial charge on any atom is -0.342 e. The lowest BCUT2D eigenvalue weighted by Crippen LogP contribution is -2.34. The fourth-order valence-corrected chi connectivity index (χ4v) is 1.58. The number of benzene rings is 1. The second kappa shape index (κ2) is 6.75. The zero-order chi connectivity index (χ0) is 12.7. The van der Waals surface area contributed by atoms with Crippen LogP contribution in [0.4, 0.5) is 0 Å². The van der Waals surface area contributed by atoms with Crippen molar-refractivity contribution in [2.75, 3.05) is 13.1 Å². The lowest BCUT2D eigenvalue weighted by atomic mass is 10.1. The molecule has 0 bridgehead atoms. The topological polar surface area (TPSA) is 20.3 Å². The van der Waals surface area contributed by atoms with Crippen molar-refractivity contribution >= 4 is 5.91 Å². The molecule has 1 aromatic carbocycles. The summed E-state index contributed by atoms with van der Waals surface area (Å²) in [6.07, 6.45) is 0. The van der Waals surface area contributed by atoms with Gasteiger partial charge in [-0.25, -0.2) is 0 Å². The van der Waals surface area contributed by atoms with Crippen molar-refractivity contribution < 1.29 is 4.79 Å². The van der Waals surface area contributed by atoms with Gasteiger partial charge in [-0.3, -0.25) is 4.79 Å². The van der Waals surface area contributed by atoms with E-state index < -0.39 is 0 Å². The molecule has 0 aliphatic carbocycles. The SMILES string of the molecule is CCN(CC)C(=O)C(C)C#Cc1ccccc1. The average molecular weight is 229 g/mol. The number of rotatable bonds is 3. The van der Waals surface area contributed by atoms with Gasteiger partial charge in [0, 0.05) is 18.7 Å². The monoisotopic (exact) mass is 229 g/mol. The van der Waals surface area contributed by atoms with Crippen LogP contribution in [0.3, 0.4) is 0 Å². The van der Waals surface area contributed by atoms with Gasteiger partial charge in [-0.05, 0) is 32.9 Å². The highest BCUT2D eigenvalue weighted by Crippen LogP contribution is 2.02. The predicted octanol–water partition coefficient (Wildman–Crippen LogP) is 2.54. The summed E-state index contributed by atoms with van der Waals surface area (Å²) in [5.41, 5.74) is 0.951. The first kappa shape index (κ1) is 13.3. The van der Waals surface area contributed by atoms with Gasteiger partial charge in [0.2, 0.25) is 5.91 Å². The summed E-state index contributed by atoms with van der Waals surface area (Å²) in [5, 5.41) is 0. The second-order valence-electron chi connectivity index (χ2n) is 3.87. The van der Waals surface area contributed by atoms with Gasteiger partial charge in [-0.2, -0.15) is 0 Å². The Morgan fingerprint density at radius 1 is 1.24 bits per heavy atom. The van der Waals surface area contributed by atoms with Crippen molar-refractivity contribution in [1.82, 2.24) is 4.90 Å². The molecular weight excluding hydrogens is 210 g/mol. The zero-order valence-corrected chi connectivity index (χ0v) is 10.7. The minimum atomic E-state index is -0.241. The molecule has 90 valence electrons. The highest BCUT2D eigenvalue weighted by molar-refractivity contribution is 5.81. The van der Waals surface area contributed by atoms with E-state index in [9.17, 15) is 4.79 Å².